The summed E-state index contributed by atoms with van der Waals surface area (Å²) in [6.45, 7) is -0.136. The highest BCUT2D eigenvalue weighted by atomic mass is 35.5. The van der Waals surface area contributed by atoms with Crippen molar-refractivity contribution in [3.63, 3.8) is 0 Å². The van der Waals surface area contributed by atoms with Crippen LogP contribution in [-0.2, 0) is 11.2 Å². The van der Waals surface area contributed by atoms with E-state index in [1.807, 2.05) is 24.3 Å². The van der Waals surface area contributed by atoms with E-state index >= 15 is 0 Å². The molecular formula is C25H24ClN7O3. The van der Waals surface area contributed by atoms with Crippen LogP contribution in [0.3, 0.4) is 0 Å². The molecule has 2 amide bonds. The van der Waals surface area contributed by atoms with Crippen LogP contribution in [0.25, 0.3) is 0 Å². The number of aryl methyl sites for hydroxylation is 1. The molecule has 0 saturated heterocycles. The number of rotatable bonds is 7. The maximum atomic E-state index is 12.6. The molecule has 11 heteroatoms. The number of ether oxygens (including phenoxy) is 1. The fraction of sp³-hybridized carbons (Fsp3) is 0.240. The Hall–Kier alpha value is -4.36. The summed E-state index contributed by atoms with van der Waals surface area (Å²) in [5.41, 5.74) is 3.32. The standard InChI is InChI=1S/C25H24ClN7O3/c1-33-19-10-9-16(13-15(19)5-3-8-21(33)34)30-25-29-14-18(26)23(32-25)31-22-17(24(35)28-12-11-27)6-4-7-20(22)36-2/h4,6-7,9-10,13-14H,3,5,8,12H2,1-2H3,(H,28,35)(H2,29,30,31,32). The molecule has 3 aromatic rings. The molecule has 0 bridgehead atoms. The third-order valence-corrected chi connectivity index (χ3v) is 5.99. The number of nitrogens with one attached hydrogen (secondary N) is 3. The van der Waals surface area contributed by atoms with Gasteiger partial charge in [-0.3, -0.25) is 9.59 Å². The molecule has 3 N–H and O–H groups in total. The van der Waals surface area contributed by atoms with E-state index in [0.717, 1.165) is 29.8 Å². The van der Waals surface area contributed by atoms with Gasteiger partial charge >= 0.3 is 0 Å². The van der Waals surface area contributed by atoms with Gasteiger partial charge in [0.15, 0.2) is 5.82 Å². The minimum absolute atomic E-state index is 0.100. The highest BCUT2D eigenvalue weighted by molar-refractivity contribution is 6.33. The Balaban J connectivity index is 1.62. The number of carbonyl (C=O) groups is 2. The van der Waals surface area contributed by atoms with E-state index in [1.54, 1.807) is 30.1 Å². The average molecular weight is 506 g/mol. The lowest BCUT2D eigenvalue weighted by molar-refractivity contribution is -0.118. The van der Waals surface area contributed by atoms with Gasteiger partial charge < -0.3 is 25.6 Å². The van der Waals surface area contributed by atoms with Crippen LogP contribution in [0, 0.1) is 11.3 Å². The topological polar surface area (TPSA) is 132 Å². The molecule has 0 atom stereocenters. The maximum absolute atomic E-state index is 12.6. The van der Waals surface area contributed by atoms with Crippen LogP contribution in [0.15, 0.2) is 42.6 Å². The van der Waals surface area contributed by atoms with Gasteiger partial charge in [-0.25, -0.2) is 4.98 Å². The number of nitriles is 1. The number of nitrogens with zero attached hydrogens (tertiary/aromatic N) is 4. The van der Waals surface area contributed by atoms with Crippen LogP contribution in [0.2, 0.25) is 5.02 Å². The van der Waals surface area contributed by atoms with Crippen LogP contribution in [0.5, 0.6) is 5.75 Å². The highest BCUT2D eigenvalue weighted by Crippen LogP contribution is 2.34. The number of carbonyl (C=O) groups excluding carboxylic acids is 2. The normalized spacial score (nSPS) is 12.7. The van der Waals surface area contributed by atoms with Crippen molar-refractivity contribution in [3.05, 3.63) is 58.7 Å². The van der Waals surface area contributed by atoms with Crippen molar-refractivity contribution in [3.8, 4) is 11.8 Å². The van der Waals surface area contributed by atoms with Gasteiger partial charge in [0.1, 0.15) is 17.3 Å². The zero-order valence-electron chi connectivity index (χ0n) is 19.8. The van der Waals surface area contributed by atoms with Crippen LogP contribution in [0.4, 0.5) is 28.8 Å². The first kappa shape index (κ1) is 24.8. The largest absolute Gasteiger partial charge is 0.495 e. The first-order chi connectivity index (χ1) is 17.4. The Morgan fingerprint density at radius 3 is 2.86 bits per heavy atom. The molecule has 4 rings (SSSR count). The lowest BCUT2D eigenvalue weighted by Crippen LogP contribution is -2.24. The Kier molecular flexibility index (Phi) is 7.51. The molecule has 2 heterocycles. The van der Waals surface area contributed by atoms with Gasteiger partial charge in [0.05, 0.1) is 30.6 Å². The smallest absolute Gasteiger partial charge is 0.254 e. The minimum atomic E-state index is -0.449. The molecule has 0 radical (unpaired) electrons. The molecule has 1 aromatic heterocycles. The lowest BCUT2D eigenvalue weighted by atomic mass is 10.1. The van der Waals surface area contributed by atoms with E-state index in [4.69, 9.17) is 21.6 Å². The molecular weight excluding hydrogens is 482 g/mol. The molecule has 0 fully saturated rings. The fourth-order valence-electron chi connectivity index (χ4n) is 3.92. The molecule has 184 valence electrons. The summed E-state index contributed by atoms with van der Waals surface area (Å²) in [5, 5.41) is 17.8. The first-order valence-electron chi connectivity index (χ1n) is 11.2. The number of benzene rings is 2. The van der Waals surface area contributed by atoms with E-state index < -0.39 is 5.91 Å². The summed E-state index contributed by atoms with van der Waals surface area (Å²) in [6.07, 6.45) is 3.54. The first-order valence-corrected chi connectivity index (χ1v) is 11.6. The Morgan fingerprint density at radius 2 is 2.08 bits per heavy atom. The predicted octanol–water partition coefficient (Wildman–Crippen LogP) is 4.18. The van der Waals surface area contributed by atoms with Gasteiger partial charge in [0.25, 0.3) is 5.91 Å². The molecule has 0 saturated carbocycles. The Morgan fingerprint density at radius 1 is 1.25 bits per heavy atom. The van der Waals surface area contributed by atoms with E-state index in [-0.39, 0.29) is 34.8 Å². The van der Waals surface area contributed by atoms with Crippen molar-refractivity contribution in [2.24, 2.45) is 0 Å². The molecule has 1 aliphatic heterocycles. The molecule has 0 unspecified atom stereocenters. The van der Waals surface area contributed by atoms with Crippen LogP contribution < -0.4 is 25.6 Å². The van der Waals surface area contributed by atoms with E-state index in [9.17, 15) is 9.59 Å². The van der Waals surface area contributed by atoms with Crippen LogP contribution >= 0.6 is 11.6 Å². The summed E-state index contributed by atoms with van der Waals surface area (Å²) < 4.78 is 5.42. The second-order valence-electron chi connectivity index (χ2n) is 8.01. The monoisotopic (exact) mass is 505 g/mol. The molecule has 2 aromatic carbocycles. The number of halogens is 1. The summed E-state index contributed by atoms with van der Waals surface area (Å²) in [5.74, 6) is 0.588. The molecule has 10 nitrogen and oxygen atoms in total. The second-order valence-corrected chi connectivity index (χ2v) is 8.42. The quantitative estimate of drug-likeness (QED) is 0.407. The molecule has 0 aliphatic carbocycles. The lowest BCUT2D eigenvalue weighted by Gasteiger charge is -2.18. The van der Waals surface area contributed by atoms with Crippen molar-refractivity contribution in [2.45, 2.75) is 19.3 Å². The third kappa shape index (κ3) is 5.31. The van der Waals surface area contributed by atoms with Gasteiger partial charge in [0, 0.05) is 24.8 Å². The molecule has 1 aliphatic rings. The van der Waals surface area contributed by atoms with Gasteiger partial charge in [-0.15, -0.1) is 0 Å². The Bertz CT molecular complexity index is 1360. The number of fused-ring (bicyclic) bond motifs is 1. The number of para-hydroxylation sites is 1. The summed E-state index contributed by atoms with van der Waals surface area (Å²) in [4.78, 5) is 35.2. The van der Waals surface area contributed by atoms with Gasteiger partial charge in [-0.1, -0.05) is 17.7 Å². The second kappa shape index (κ2) is 10.9. The van der Waals surface area contributed by atoms with Crippen molar-refractivity contribution >= 4 is 52.2 Å². The van der Waals surface area contributed by atoms with Gasteiger partial charge in [-0.2, -0.15) is 10.2 Å². The molecule has 36 heavy (non-hydrogen) atoms. The third-order valence-electron chi connectivity index (χ3n) is 5.71. The minimum Gasteiger partial charge on any atom is -0.495 e. The van der Waals surface area contributed by atoms with Crippen LogP contribution in [0.1, 0.15) is 28.8 Å². The zero-order valence-corrected chi connectivity index (χ0v) is 20.5. The number of amides is 2. The van der Waals surface area contributed by atoms with Crippen molar-refractivity contribution in [1.29, 1.82) is 5.26 Å². The van der Waals surface area contributed by atoms with Gasteiger partial charge in [0.2, 0.25) is 11.9 Å². The van der Waals surface area contributed by atoms with E-state index in [1.165, 1.54) is 13.3 Å². The Labute approximate surface area is 213 Å². The summed E-state index contributed by atoms with van der Waals surface area (Å²) >= 11 is 6.37. The van der Waals surface area contributed by atoms with Crippen LogP contribution in [-0.4, -0.2) is 42.5 Å². The number of hydrogen-bond acceptors (Lipinski definition) is 8. The number of hydrogen-bond donors (Lipinski definition) is 3. The number of methoxy groups -OCH3 is 1. The SMILES string of the molecule is COc1cccc(C(=O)NCC#N)c1Nc1nc(Nc2ccc3c(c2)CCCC(=O)N3C)ncc1Cl. The highest BCUT2D eigenvalue weighted by Gasteiger charge is 2.20. The van der Waals surface area contributed by atoms with Gasteiger partial charge in [-0.05, 0) is 48.7 Å². The fourth-order valence-corrected chi connectivity index (χ4v) is 4.06. The average Bonchev–Trinajstić information content (AvgIpc) is 3.02. The predicted molar refractivity (Wildman–Crippen MR) is 137 cm³/mol. The summed E-state index contributed by atoms with van der Waals surface area (Å²) in [6, 6.07) is 12.6. The van der Waals surface area contributed by atoms with E-state index in [0.29, 0.717) is 17.9 Å². The number of aromatic nitrogens is 2. The van der Waals surface area contributed by atoms with Crippen molar-refractivity contribution < 1.29 is 14.3 Å². The summed E-state index contributed by atoms with van der Waals surface area (Å²) in [7, 11) is 3.27. The van der Waals surface area contributed by atoms with Crippen molar-refractivity contribution in [1.82, 2.24) is 15.3 Å². The number of anilines is 5. The molecule has 0 spiro atoms. The van der Waals surface area contributed by atoms with E-state index in [2.05, 4.69) is 25.9 Å². The maximum Gasteiger partial charge on any atom is 0.254 e. The zero-order chi connectivity index (χ0) is 25.7. The van der Waals surface area contributed by atoms with Crippen molar-refractivity contribution in [2.75, 3.05) is 36.2 Å².